The predicted octanol–water partition coefficient (Wildman–Crippen LogP) is 1.74. The molecule has 0 amide bonds. The maximum atomic E-state index is 8.11. The monoisotopic (exact) mass is 242 g/mol. The first kappa shape index (κ1) is 15.7. The van der Waals surface area contributed by atoms with Crippen molar-refractivity contribution in [2.24, 2.45) is 11.8 Å². The molecule has 0 aromatic carbocycles. The molecular weight excluding hydrogens is 224 g/mol. The van der Waals surface area contributed by atoms with Crippen LogP contribution in [0.3, 0.4) is 0 Å². The number of rotatable bonds is 9. The summed E-state index contributed by atoms with van der Waals surface area (Å²) < 4.78 is 0. The molecule has 0 aliphatic heterocycles. The van der Waals surface area contributed by atoms with Crippen molar-refractivity contribution in [3.05, 3.63) is 0 Å². The van der Waals surface area contributed by atoms with Gasteiger partial charge in [0, 0.05) is 11.8 Å². The highest BCUT2D eigenvalue weighted by atomic mass is 17.5. The van der Waals surface area contributed by atoms with E-state index in [-0.39, 0.29) is 11.8 Å². The maximum absolute atomic E-state index is 8.11. The molecule has 0 saturated heterocycles. The molecule has 8 nitrogen and oxygen atoms in total. The first-order chi connectivity index (χ1) is 7.52. The van der Waals surface area contributed by atoms with Crippen LogP contribution in [-0.4, -0.2) is 23.1 Å². The van der Waals surface area contributed by atoms with Gasteiger partial charge in [0.2, 0.25) is 12.6 Å². The molecule has 0 saturated carbocycles. The van der Waals surface area contributed by atoms with E-state index in [0.29, 0.717) is 0 Å². The lowest BCUT2D eigenvalue weighted by Crippen LogP contribution is -2.30. The summed E-state index contributed by atoms with van der Waals surface area (Å²) in [5.74, 6) is -0.287. The van der Waals surface area contributed by atoms with Gasteiger partial charge in [-0.2, -0.15) is 19.6 Å². The zero-order chi connectivity index (χ0) is 12.6. The fraction of sp³-hybridized carbons (Fsp3) is 1.00. The van der Waals surface area contributed by atoms with Gasteiger partial charge >= 0.3 is 0 Å². The Morgan fingerprint density at radius 2 is 0.938 bits per heavy atom. The van der Waals surface area contributed by atoms with Crippen molar-refractivity contribution in [3.8, 4) is 0 Å². The Balaban J connectivity index is 4.04. The Hall–Kier alpha value is -0.320. The molecule has 2 unspecified atom stereocenters. The highest BCUT2D eigenvalue weighted by Gasteiger charge is 2.23. The van der Waals surface area contributed by atoms with Crippen LogP contribution in [0, 0.1) is 11.8 Å². The van der Waals surface area contributed by atoms with Crippen LogP contribution in [0.5, 0.6) is 0 Å². The van der Waals surface area contributed by atoms with Crippen LogP contribution < -0.4 is 0 Å². The zero-order valence-electron chi connectivity index (χ0n) is 9.65. The van der Waals surface area contributed by atoms with E-state index in [1.807, 2.05) is 0 Å². The summed E-state index contributed by atoms with van der Waals surface area (Å²) >= 11 is 0. The Bertz CT molecular complexity index is 144. The van der Waals surface area contributed by atoms with E-state index < -0.39 is 12.6 Å². The molecule has 0 bridgehead atoms. The third-order valence-corrected chi connectivity index (χ3v) is 1.61. The fourth-order valence-corrected chi connectivity index (χ4v) is 0.671. The normalized spacial score (nSPS) is 15.8. The smallest absolute Gasteiger partial charge is 0.221 e. The molecule has 0 spiro atoms. The van der Waals surface area contributed by atoms with Gasteiger partial charge in [0.15, 0.2) is 0 Å². The summed E-state index contributed by atoms with van der Waals surface area (Å²) in [4.78, 5) is 18.3. The Morgan fingerprint density at radius 1 is 0.625 bits per heavy atom. The largest absolute Gasteiger partial charge is 0.229 e. The molecule has 2 N–H and O–H groups in total. The molecule has 0 aliphatic carbocycles. The van der Waals surface area contributed by atoms with Gasteiger partial charge < -0.3 is 0 Å². The average molecular weight is 242 g/mol. The summed E-state index contributed by atoms with van der Waals surface area (Å²) in [6, 6.07) is 0. The molecule has 0 aromatic heterocycles. The lowest BCUT2D eigenvalue weighted by molar-refractivity contribution is -0.604. The number of hydrogen-bond donors (Lipinski definition) is 2. The van der Waals surface area contributed by atoms with Gasteiger partial charge in [-0.3, -0.25) is 0 Å². The van der Waals surface area contributed by atoms with Gasteiger partial charge in [-0.25, -0.2) is 10.5 Å². The van der Waals surface area contributed by atoms with E-state index >= 15 is 0 Å². The summed E-state index contributed by atoms with van der Waals surface area (Å²) in [6.45, 7) is 7.00. The molecule has 0 fully saturated rings. The molecule has 0 aliphatic rings. The lowest BCUT2D eigenvalue weighted by Gasteiger charge is -2.22. The van der Waals surface area contributed by atoms with Crippen LogP contribution in [0.1, 0.15) is 27.7 Å². The maximum Gasteiger partial charge on any atom is 0.229 e. The minimum atomic E-state index is -0.950. The van der Waals surface area contributed by atoms with Gasteiger partial charge in [0.05, 0.1) is 0 Å². The molecule has 0 rings (SSSR count). The predicted molar refractivity (Wildman–Crippen MR) is 49.0 cm³/mol. The minimum absolute atomic E-state index is 0.144. The molecule has 0 aromatic rings. The molecule has 0 radical (unpaired) electrons. The second-order valence-electron chi connectivity index (χ2n) is 3.76. The third kappa shape index (κ3) is 6.30. The molecule has 0 heterocycles. The van der Waals surface area contributed by atoms with Gasteiger partial charge in [-0.15, -0.1) is 0 Å². The SMILES string of the molecule is CC(C)C(OOO)OOC(OOO)C(C)C. The van der Waals surface area contributed by atoms with Gasteiger partial charge in [-0.1, -0.05) is 37.8 Å². The van der Waals surface area contributed by atoms with Crippen molar-refractivity contribution in [3.63, 3.8) is 0 Å². The van der Waals surface area contributed by atoms with Crippen molar-refractivity contribution in [2.75, 3.05) is 0 Å². The standard InChI is InChI=1S/C8H18O8/c1-5(2)7(13-15-9)11-12-8(6(3)4)14-16-10/h5-10H,1-4H3. The minimum Gasteiger partial charge on any atom is -0.221 e. The van der Waals surface area contributed by atoms with Crippen molar-refractivity contribution in [2.45, 2.75) is 40.3 Å². The topological polar surface area (TPSA) is 95.8 Å². The van der Waals surface area contributed by atoms with E-state index in [1.54, 1.807) is 27.7 Å². The van der Waals surface area contributed by atoms with Crippen LogP contribution in [-0.2, 0) is 29.6 Å². The lowest BCUT2D eigenvalue weighted by atomic mass is 10.2. The van der Waals surface area contributed by atoms with Crippen molar-refractivity contribution >= 4 is 0 Å². The molecular formula is C8H18O8. The highest BCUT2D eigenvalue weighted by molar-refractivity contribution is 4.47. The Morgan fingerprint density at radius 3 is 1.12 bits per heavy atom. The molecule has 98 valence electrons. The third-order valence-electron chi connectivity index (χ3n) is 1.61. The molecule has 2 atom stereocenters. The second-order valence-corrected chi connectivity index (χ2v) is 3.76. The summed E-state index contributed by atoms with van der Waals surface area (Å²) in [6.07, 6.45) is -1.90. The van der Waals surface area contributed by atoms with Crippen LogP contribution >= 0.6 is 0 Å². The highest BCUT2D eigenvalue weighted by Crippen LogP contribution is 2.14. The number of hydrogen-bond acceptors (Lipinski definition) is 8. The average Bonchev–Trinajstić information content (AvgIpc) is 2.21. The van der Waals surface area contributed by atoms with E-state index in [2.05, 4.69) is 19.9 Å². The Kier molecular flexibility index (Phi) is 8.61. The summed E-state index contributed by atoms with van der Waals surface area (Å²) in [5.41, 5.74) is 0. The first-order valence-electron chi connectivity index (χ1n) is 4.78. The van der Waals surface area contributed by atoms with Crippen LogP contribution in [0.15, 0.2) is 0 Å². The first-order valence-corrected chi connectivity index (χ1v) is 4.78. The van der Waals surface area contributed by atoms with Crippen LogP contribution in [0.25, 0.3) is 0 Å². The van der Waals surface area contributed by atoms with Crippen LogP contribution in [0.4, 0.5) is 0 Å². The van der Waals surface area contributed by atoms with Crippen molar-refractivity contribution in [1.29, 1.82) is 0 Å². The van der Waals surface area contributed by atoms with E-state index in [9.17, 15) is 0 Å². The van der Waals surface area contributed by atoms with Crippen LogP contribution in [0.2, 0.25) is 0 Å². The van der Waals surface area contributed by atoms with Gasteiger partial charge in [0.25, 0.3) is 0 Å². The van der Waals surface area contributed by atoms with E-state index in [1.165, 1.54) is 0 Å². The quantitative estimate of drug-likeness (QED) is 0.358. The fourth-order valence-electron chi connectivity index (χ4n) is 0.671. The second kappa shape index (κ2) is 8.79. The Labute approximate surface area is 93.2 Å². The van der Waals surface area contributed by atoms with Gasteiger partial charge in [-0.05, 0) is 0 Å². The summed E-state index contributed by atoms with van der Waals surface area (Å²) in [5, 5.41) is 23.2. The van der Waals surface area contributed by atoms with E-state index in [0.717, 1.165) is 0 Å². The van der Waals surface area contributed by atoms with Crippen molar-refractivity contribution < 1.29 is 40.1 Å². The molecule has 8 heteroatoms. The van der Waals surface area contributed by atoms with Crippen molar-refractivity contribution in [1.82, 2.24) is 0 Å². The van der Waals surface area contributed by atoms with Gasteiger partial charge in [0.1, 0.15) is 0 Å². The zero-order valence-corrected chi connectivity index (χ0v) is 9.65. The molecule has 16 heavy (non-hydrogen) atoms. The van der Waals surface area contributed by atoms with E-state index in [4.69, 9.17) is 20.3 Å². The summed E-state index contributed by atoms with van der Waals surface area (Å²) in [7, 11) is 0.